The Kier molecular flexibility index (Phi) is 48.8. The van der Waals surface area contributed by atoms with Crippen molar-refractivity contribution in [2.75, 3.05) is 0 Å². The molecule has 0 unspecified atom stereocenters. The third kappa shape index (κ3) is 38.1. The Labute approximate surface area is 555 Å². The molecule has 0 aliphatic rings. The minimum atomic E-state index is -4.51. The van der Waals surface area contributed by atoms with Gasteiger partial charge in [0.1, 0.15) is 20.2 Å². The molecule has 0 radical (unpaired) electrons. The number of hydrogen-bond donors (Lipinski definition) is 0. The summed E-state index contributed by atoms with van der Waals surface area (Å²) in [6, 6.07) is 19.0. The topological polar surface area (TPSA) is 114 Å². The van der Waals surface area contributed by atoms with Crippen LogP contribution in [0.25, 0.3) is 21.5 Å². The molecule has 0 atom stereocenters. The molecule has 0 bridgehead atoms. The van der Waals surface area contributed by atoms with Crippen molar-refractivity contribution in [3.8, 4) is 0 Å². The van der Waals surface area contributed by atoms with Crippen molar-refractivity contribution in [1.29, 1.82) is 0 Å². The third-order valence-corrected chi connectivity index (χ3v) is 19.7. The fourth-order valence-electron chi connectivity index (χ4n) is 12.9. The average Bonchev–Trinajstić information content (AvgIpc) is 3.68. The molecule has 0 amide bonds. The number of fused-ring (bicyclic) bond motifs is 2. The van der Waals surface area contributed by atoms with Crippen LogP contribution in [-0.2, 0) is 45.9 Å². The van der Waals surface area contributed by atoms with Gasteiger partial charge in [0.25, 0.3) is 0 Å². The van der Waals surface area contributed by atoms with Gasteiger partial charge >= 0.3 is 37.7 Å². The zero-order valence-electron chi connectivity index (χ0n) is 55.5. The maximum atomic E-state index is 12.1. The van der Waals surface area contributed by atoms with Gasteiger partial charge < -0.3 is 9.11 Å². The van der Waals surface area contributed by atoms with Crippen LogP contribution in [0.1, 0.15) is 358 Å². The molecule has 0 aliphatic heterocycles. The summed E-state index contributed by atoms with van der Waals surface area (Å²) < 4.78 is 72.6. The van der Waals surface area contributed by atoms with Gasteiger partial charge in [-0.05, 0) is 96.5 Å². The molecule has 85 heavy (non-hydrogen) atoms. The number of aryl methyl sites for hydroxylation is 4. The molecule has 0 heterocycles. The zero-order valence-corrected chi connectivity index (χ0v) is 59.4. The van der Waals surface area contributed by atoms with E-state index in [4.69, 9.17) is 0 Å². The Morgan fingerprint density at radius 3 is 0.682 bits per heavy atom. The van der Waals surface area contributed by atoms with E-state index in [1.807, 2.05) is 12.1 Å². The van der Waals surface area contributed by atoms with Crippen molar-refractivity contribution in [3.05, 3.63) is 82.9 Å². The third-order valence-electron chi connectivity index (χ3n) is 17.9. The van der Waals surface area contributed by atoms with Gasteiger partial charge in [0, 0.05) is 10.8 Å². The molecule has 0 N–H and O–H groups in total. The molecule has 0 aliphatic carbocycles. The van der Waals surface area contributed by atoms with Gasteiger partial charge in [-0.2, -0.15) is 0 Å². The van der Waals surface area contributed by atoms with Gasteiger partial charge in [0.2, 0.25) is 0 Å². The predicted molar refractivity (Wildman–Crippen MR) is 369 cm³/mol. The van der Waals surface area contributed by atoms with Gasteiger partial charge in [-0.3, -0.25) is 0 Å². The Morgan fingerprint density at radius 2 is 0.471 bits per heavy atom. The van der Waals surface area contributed by atoms with Crippen LogP contribution < -0.4 is 0 Å². The summed E-state index contributed by atoms with van der Waals surface area (Å²) in [6.45, 7) is 9.09. The molecule has 4 rings (SSSR count). The molecule has 4 aromatic rings. The first kappa shape index (κ1) is 79.6. The molecule has 4 aromatic carbocycles. The zero-order chi connectivity index (χ0) is 60.6. The molecular weight excluding hydrogens is 1110 g/mol. The van der Waals surface area contributed by atoms with E-state index in [-0.39, 0.29) is 47.5 Å². The minimum absolute atomic E-state index is 0. The van der Waals surface area contributed by atoms with Gasteiger partial charge in [0.05, 0.1) is 9.79 Å². The van der Waals surface area contributed by atoms with Crippen molar-refractivity contribution >= 4 is 79.5 Å². The van der Waals surface area contributed by atoms with E-state index < -0.39 is 20.2 Å². The molecule has 480 valence electrons. The Hall–Kier alpha value is -1.52. The quantitative estimate of drug-likeness (QED) is 0.0247. The summed E-state index contributed by atoms with van der Waals surface area (Å²) in [5, 5.41) is 3.12. The Morgan fingerprint density at radius 1 is 0.271 bits per heavy atom. The second-order valence-corrected chi connectivity index (χ2v) is 28.4. The maximum absolute atomic E-state index is 12.1. The molecular formula is C76H126CaO6S2. The normalized spacial score (nSPS) is 11.8. The molecule has 0 saturated heterocycles. The summed E-state index contributed by atoms with van der Waals surface area (Å²) in [7, 11) is -9.02. The SMILES string of the molecule is CCCCCCCCCCCCCCc1cc(CCCCCCCCCCCCCC)c2c(S(=O)(=O)[O-])cccc2c1.CCCCCCCCCCCCCCc1cc(CCCCCCCCCCCCCC)c2c(S(=O)(=O)[O-])cccc2c1.[Ca+2]. The number of benzene rings is 4. The average molecular weight is 1240 g/mol. The van der Waals surface area contributed by atoms with Crippen LogP contribution in [-0.4, -0.2) is 63.7 Å². The summed E-state index contributed by atoms with van der Waals surface area (Å²) in [5.41, 5.74) is 4.65. The monoisotopic (exact) mass is 1240 g/mol. The predicted octanol–water partition coefficient (Wildman–Crippen LogP) is 24.1. The molecule has 0 fully saturated rings. The van der Waals surface area contributed by atoms with E-state index in [9.17, 15) is 25.9 Å². The maximum Gasteiger partial charge on any atom is 2.00 e. The van der Waals surface area contributed by atoms with Crippen LogP contribution in [0.2, 0.25) is 0 Å². The van der Waals surface area contributed by atoms with Crippen LogP contribution >= 0.6 is 0 Å². The van der Waals surface area contributed by atoms with E-state index in [1.54, 1.807) is 12.1 Å². The standard InChI is InChI=1S/2C38H64O3S.Ca/c2*1-3-5-7-9-11-13-15-17-19-21-23-25-28-34-32-35(38-36(33-34)30-27-31-37(38)42(39,40)41)29-26-24-22-20-18-16-14-12-10-8-6-4-2;/h2*27,30-33H,3-26,28-29H2,1-2H3,(H,39,40,41);/q;;+2/p-2. The first-order valence-corrected chi connectivity index (χ1v) is 38.8. The minimum Gasteiger partial charge on any atom is -0.744 e. The van der Waals surface area contributed by atoms with Gasteiger partial charge in [-0.15, -0.1) is 0 Å². The smallest absolute Gasteiger partial charge is 0.744 e. The van der Waals surface area contributed by atoms with Crippen molar-refractivity contribution in [2.24, 2.45) is 0 Å². The van der Waals surface area contributed by atoms with Crippen molar-refractivity contribution in [2.45, 2.75) is 371 Å². The molecule has 0 saturated carbocycles. The van der Waals surface area contributed by atoms with Crippen molar-refractivity contribution in [3.63, 3.8) is 0 Å². The fourth-order valence-corrected chi connectivity index (χ4v) is 14.3. The van der Waals surface area contributed by atoms with Crippen LogP contribution in [0, 0.1) is 0 Å². The molecule has 9 heteroatoms. The van der Waals surface area contributed by atoms with Crippen molar-refractivity contribution in [1.82, 2.24) is 0 Å². The van der Waals surface area contributed by atoms with E-state index >= 15 is 0 Å². The van der Waals surface area contributed by atoms with Gasteiger partial charge in [-0.1, -0.05) is 359 Å². The van der Waals surface area contributed by atoms with Gasteiger partial charge in [0.15, 0.2) is 0 Å². The van der Waals surface area contributed by atoms with Crippen LogP contribution in [0.5, 0.6) is 0 Å². The summed E-state index contributed by atoms with van der Waals surface area (Å²) >= 11 is 0. The Balaban J connectivity index is 0.000000573. The first-order valence-electron chi connectivity index (χ1n) is 35.9. The molecule has 0 aromatic heterocycles. The first-order chi connectivity index (χ1) is 40.9. The van der Waals surface area contributed by atoms with E-state index in [0.717, 1.165) is 73.3 Å². The summed E-state index contributed by atoms with van der Waals surface area (Å²) in [6.07, 6.45) is 67.2. The van der Waals surface area contributed by atoms with E-state index in [1.165, 1.54) is 306 Å². The van der Waals surface area contributed by atoms with E-state index in [2.05, 4.69) is 52.0 Å². The van der Waals surface area contributed by atoms with Crippen LogP contribution in [0.4, 0.5) is 0 Å². The Bertz CT molecular complexity index is 2300. The number of unbranched alkanes of at least 4 members (excludes halogenated alkanes) is 44. The molecule has 6 nitrogen and oxygen atoms in total. The van der Waals surface area contributed by atoms with Gasteiger partial charge in [-0.25, -0.2) is 16.8 Å². The van der Waals surface area contributed by atoms with Crippen LogP contribution in [0.15, 0.2) is 70.5 Å². The number of hydrogen-bond acceptors (Lipinski definition) is 6. The second-order valence-electron chi connectivity index (χ2n) is 25.7. The van der Waals surface area contributed by atoms with Crippen LogP contribution in [0.3, 0.4) is 0 Å². The van der Waals surface area contributed by atoms with Crippen molar-refractivity contribution < 1.29 is 25.9 Å². The van der Waals surface area contributed by atoms with E-state index in [0.29, 0.717) is 10.8 Å². The second kappa shape index (κ2) is 52.1. The largest absolute Gasteiger partial charge is 2.00 e. The number of rotatable bonds is 54. The molecule has 0 spiro atoms. The summed E-state index contributed by atoms with van der Waals surface area (Å²) in [4.78, 5) is -0.100. The summed E-state index contributed by atoms with van der Waals surface area (Å²) in [5.74, 6) is 0. The fraction of sp³-hybridized carbons (Fsp3) is 0.737.